The van der Waals surface area contributed by atoms with Crippen LogP contribution in [0.3, 0.4) is 0 Å². The van der Waals surface area contributed by atoms with Crippen LogP contribution in [-0.2, 0) is 55.6 Å². The molecule has 1 aromatic heterocycles. The Morgan fingerprint density at radius 2 is 1.70 bits per heavy atom. The SMILES string of the molecule is C[C@@H]1CO[C@@](O)(c2cc(F)cc(F)c2)[C@H](C)N1C(=O)OCOC(=O)C(=O)OCCOC(=O)c1cc(S(N)(=O)=O)c(Cl)cc1NCc1ccco1. The van der Waals surface area contributed by atoms with Crippen LogP contribution >= 0.6 is 11.6 Å². The van der Waals surface area contributed by atoms with Gasteiger partial charge in [0.2, 0.25) is 22.6 Å². The number of rotatable bonds is 11. The van der Waals surface area contributed by atoms with Gasteiger partial charge in [-0.2, -0.15) is 0 Å². The van der Waals surface area contributed by atoms with E-state index in [0.29, 0.717) is 11.8 Å². The van der Waals surface area contributed by atoms with Gasteiger partial charge in [-0.15, -0.1) is 0 Å². The quantitative estimate of drug-likeness (QED) is 0.0844. The Kier molecular flexibility index (Phi) is 12.0. The summed E-state index contributed by atoms with van der Waals surface area (Å²) < 4.78 is 81.4. The Balaban J connectivity index is 1.27. The van der Waals surface area contributed by atoms with Crippen molar-refractivity contribution in [3.63, 3.8) is 0 Å². The van der Waals surface area contributed by atoms with Gasteiger partial charge in [0.05, 0.1) is 47.8 Å². The number of carbonyl (C=O) groups is 4. The van der Waals surface area contributed by atoms with Gasteiger partial charge in [0.15, 0.2) is 0 Å². The standard InChI is InChI=1S/C30H30ClF2N3O13S/c1-16-14-49-30(41,18-8-19(32)10-20(33)9-18)17(2)36(16)29(40)48-15-47-28(39)27(38)46-7-6-45-26(37)22-11-25(50(34,42)43)23(31)12-24(22)35-13-21-4-3-5-44-21/h3-5,8-12,16-17,35,41H,6-7,13-15H2,1-2H3,(H2,34,42,43)/t16-,17+,30-/m1/s1. The molecule has 0 aliphatic carbocycles. The zero-order valence-electron chi connectivity index (χ0n) is 26.2. The molecule has 4 rings (SSSR count). The molecule has 0 unspecified atom stereocenters. The second-order valence-electron chi connectivity index (χ2n) is 10.6. The molecule has 1 amide bonds. The molecular formula is C30H30ClF2N3O13S. The lowest BCUT2D eigenvalue weighted by Crippen LogP contribution is -2.62. The Morgan fingerprint density at radius 3 is 2.34 bits per heavy atom. The first-order valence-electron chi connectivity index (χ1n) is 14.4. The number of morpholine rings is 1. The van der Waals surface area contributed by atoms with Gasteiger partial charge in [-0.1, -0.05) is 11.6 Å². The number of nitrogens with one attached hydrogen (secondary N) is 1. The zero-order chi connectivity index (χ0) is 36.8. The van der Waals surface area contributed by atoms with E-state index in [1.165, 1.54) is 20.1 Å². The lowest BCUT2D eigenvalue weighted by Gasteiger charge is -2.47. The first-order valence-corrected chi connectivity index (χ1v) is 16.3. The summed E-state index contributed by atoms with van der Waals surface area (Å²) >= 11 is 6.05. The number of anilines is 1. The molecule has 0 radical (unpaired) electrons. The first kappa shape index (κ1) is 38.0. The second kappa shape index (κ2) is 15.8. The minimum absolute atomic E-state index is 0.0623. The molecule has 3 aromatic rings. The molecule has 16 nitrogen and oxygen atoms in total. The number of esters is 3. The van der Waals surface area contributed by atoms with Crippen molar-refractivity contribution >= 4 is 51.3 Å². The van der Waals surface area contributed by atoms with E-state index < -0.39 is 88.4 Å². The van der Waals surface area contributed by atoms with Crippen LogP contribution in [0.5, 0.6) is 0 Å². The summed E-state index contributed by atoms with van der Waals surface area (Å²) in [5, 5.41) is 18.9. The number of amides is 1. The number of halogens is 3. The van der Waals surface area contributed by atoms with Crippen LogP contribution in [0.2, 0.25) is 5.02 Å². The molecule has 270 valence electrons. The highest BCUT2D eigenvalue weighted by molar-refractivity contribution is 7.89. The molecule has 2 aromatic carbocycles. The van der Waals surface area contributed by atoms with Crippen molar-refractivity contribution in [2.75, 3.05) is 31.9 Å². The van der Waals surface area contributed by atoms with Gasteiger partial charge in [-0.05, 0) is 50.2 Å². The second-order valence-corrected chi connectivity index (χ2v) is 12.6. The van der Waals surface area contributed by atoms with E-state index in [4.69, 9.17) is 40.1 Å². The smallest absolute Gasteiger partial charge is 0.420 e. The van der Waals surface area contributed by atoms with E-state index in [2.05, 4.69) is 10.1 Å². The van der Waals surface area contributed by atoms with Crippen molar-refractivity contribution in [3.05, 3.63) is 82.3 Å². The fraction of sp³-hybridized carbons (Fsp3) is 0.333. The van der Waals surface area contributed by atoms with Gasteiger partial charge in [0.25, 0.3) is 0 Å². The van der Waals surface area contributed by atoms with E-state index >= 15 is 0 Å². The summed E-state index contributed by atoms with van der Waals surface area (Å²) in [7, 11) is -4.34. The number of furan rings is 1. The maximum Gasteiger partial charge on any atom is 0.420 e. The number of ether oxygens (including phenoxy) is 5. The normalized spacial score (nSPS) is 19.0. The van der Waals surface area contributed by atoms with Crippen molar-refractivity contribution in [1.29, 1.82) is 0 Å². The number of hydrogen-bond donors (Lipinski definition) is 3. The number of primary sulfonamides is 1. The van der Waals surface area contributed by atoms with E-state index in [1.54, 1.807) is 12.1 Å². The van der Waals surface area contributed by atoms with E-state index in [-0.39, 0.29) is 35.0 Å². The maximum atomic E-state index is 13.8. The molecule has 4 N–H and O–H groups in total. The number of hydrogen-bond acceptors (Lipinski definition) is 14. The molecule has 0 saturated carbocycles. The van der Waals surface area contributed by atoms with Crippen molar-refractivity contribution in [3.8, 4) is 0 Å². The Morgan fingerprint density at radius 1 is 1.04 bits per heavy atom. The number of nitrogens with two attached hydrogens (primary N) is 1. The van der Waals surface area contributed by atoms with Crippen LogP contribution in [0.15, 0.2) is 58.0 Å². The highest BCUT2D eigenvalue weighted by Crippen LogP contribution is 2.36. The van der Waals surface area contributed by atoms with Crippen LogP contribution < -0.4 is 10.5 Å². The lowest BCUT2D eigenvalue weighted by atomic mass is 9.94. The van der Waals surface area contributed by atoms with Gasteiger partial charge in [-0.3, -0.25) is 4.90 Å². The summed E-state index contributed by atoms with van der Waals surface area (Å²) in [6.07, 6.45) is 0.296. The molecule has 0 spiro atoms. The monoisotopic (exact) mass is 745 g/mol. The maximum absolute atomic E-state index is 13.8. The van der Waals surface area contributed by atoms with Crippen molar-refractivity contribution in [2.24, 2.45) is 5.14 Å². The minimum Gasteiger partial charge on any atom is -0.467 e. The van der Waals surface area contributed by atoms with Crippen LogP contribution in [0, 0.1) is 11.6 Å². The number of nitrogens with zero attached hydrogens (tertiary/aromatic N) is 1. The highest BCUT2D eigenvalue weighted by atomic mass is 35.5. The predicted octanol–water partition coefficient (Wildman–Crippen LogP) is 2.76. The van der Waals surface area contributed by atoms with E-state index in [0.717, 1.165) is 29.2 Å². The summed E-state index contributed by atoms with van der Waals surface area (Å²) in [5.74, 6) is -8.03. The van der Waals surface area contributed by atoms with Crippen LogP contribution in [0.4, 0.5) is 19.3 Å². The summed E-state index contributed by atoms with van der Waals surface area (Å²) in [4.78, 5) is 50.2. The molecule has 3 atom stereocenters. The summed E-state index contributed by atoms with van der Waals surface area (Å²) in [6, 6.07) is 5.64. The average Bonchev–Trinajstić information content (AvgIpc) is 3.56. The van der Waals surface area contributed by atoms with E-state index in [9.17, 15) is 41.5 Å². The largest absolute Gasteiger partial charge is 0.467 e. The van der Waals surface area contributed by atoms with Gasteiger partial charge >= 0.3 is 24.0 Å². The van der Waals surface area contributed by atoms with Gasteiger partial charge in [-0.25, -0.2) is 41.5 Å². The van der Waals surface area contributed by atoms with Crippen LogP contribution in [0.25, 0.3) is 0 Å². The van der Waals surface area contributed by atoms with Gasteiger partial charge < -0.3 is 38.5 Å². The topological polar surface area (TPSA) is 223 Å². The third-order valence-corrected chi connectivity index (χ3v) is 8.59. The van der Waals surface area contributed by atoms with Gasteiger partial charge in [0.1, 0.15) is 35.5 Å². The Labute approximate surface area is 287 Å². The minimum atomic E-state index is -4.34. The molecule has 1 aliphatic rings. The third kappa shape index (κ3) is 9.04. The third-order valence-electron chi connectivity index (χ3n) is 7.21. The first-order chi connectivity index (χ1) is 23.5. The van der Waals surface area contributed by atoms with Gasteiger partial charge in [0, 0.05) is 11.6 Å². The average molecular weight is 746 g/mol. The molecular weight excluding hydrogens is 716 g/mol. The number of benzene rings is 2. The number of carbonyl (C=O) groups excluding carboxylic acids is 4. The fourth-order valence-electron chi connectivity index (χ4n) is 4.80. The Bertz CT molecular complexity index is 1840. The van der Waals surface area contributed by atoms with E-state index in [1.807, 2.05) is 0 Å². The summed E-state index contributed by atoms with van der Waals surface area (Å²) in [6.45, 7) is 0.372. The van der Waals surface area contributed by atoms with Crippen molar-refractivity contribution in [2.45, 2.75) is 43.2 Å². The number of aliphatic hydroxyl groups is 1. The number of sulfonamides is 1. The molecule has 20 heteroatoms. The predicted molar refractivity (Wildman–Crippen MR) is 165 cm³/mol. The molecule has 1 aliphatic heterocycles. The van der Waals surface area contributed by atoms with Crippen molar-refractivity contribution in [1.82, 2.24) is 4.90 Å². The van der Waals surface area contributed by atoms with Crippen molar-refractivity contribution < 1.29 is 69.6 Å². The molecule has 1 saturated heterocycles. The molecule has 50 heavy (non-hydrogen) atoms. The lowest BCUT2D eigenvalue weighted by molar-refractivity contribution is -0.280. The highest BCUT2D eigenvalue weighted by Gasteiger charge is 2.49. The molecule has 0 bridgehead atoms. The zero-order valence-corrected chi connectivity index (χ0v) is 27.8. The summed E-state index contributed by atoms with van der Waals surface area (Å²) in [5.41, 5.74) is -0.522. The molecule has 1 fully saturated rings. The van der Waals surface area contributed by atoms with Crippen LogP contribution in [-0.4, -0.2) is 81.1 Å². The fourth-order valence-corrected chi connectivity index (χ4v) is 5.90. The molecule has 2 heterocycles. The Hall–Kier alpha value is -4.82. The van der Waals surface area contributed by atoms with Crippen LogP contribution in [0.1, 0.15) is 35.5 Å².